The molecule has 0 atom stereocenters. The van der Waals surface area contributed by atoms with E-state index in [0.717, 1.165) is 39.6 Å². The molecular formula is C51H34N4. The number of hydrogen-bond donors (Lipinski definition) is 0. The molecule has 0 aliphatic heterocycles. The maximum atomic E-state index is 4.61. The SMILES string of the molecule is c1ccc(-n2c3ccccc3c3cccc(-c4cc(N(c5cccnc5)c5ccc6ccccc6c5)cc(-n5c6ccccc6c6ccccc65)c4)c32)cc1. The molecule has 258 valence electrons. The third-order valence-electron chi connectivity index (χ3n) is 10.9. The summed E-state index contributed by atoms with van der Waals surface area (Å²) in [6, 6.07) is 70.1. The first-order valence-electron chi connectivity index (χ1n) is 18.7. The van der Waals surface area contributed by atoms with E-state index >= 15 is 0 Å². The number of nitrogens with zero attached hydrogens (tertiary/aromatic N) is 4. The molecule has 11 rings (SSSR count). The molecule has 0 fully saturated rings. The molecule has 0 spiro atoms. The molecule has 11 aromatic rings. The Morgan fingerprint density at radius 2 is 1.02 bits per heavy atom. The summed E-state index contributed by atoms with van der Waals surface area (Å²) >= 11 is 0. The zero-order valence-corrected chi connectivity index (χ0v) is 29.9. The highest BCUT2D eigenvalue weighted by molar-refractivity contribution is 6.14. The molecule has 0 saturated heterocycles. The quantitative estimate of drug-likeness (QED) is 0.172. The van der Waals surface area contributed by atoms with Crippen molar-refractivity contribution in [3.05, 3.63) is 207 Å². The highest BCUT2D eigenvalue weighted by atomic mass is 15.2. The number of anilines is 3. The summed E-state index contributed by atoms with van der Waals surface area (Å²) in [6.07, 6.45) is 3.79. The standard InChI is InChI=1S/C51H34N4/c1-2-16-38(17-3-1)55-50-26-11-8-21-46(50)47-23-12-22-43(51(47)55)37-31-41(33-42(32-37)54-48-24-9-6-19-44(48)45-20-7-10-25-49(45)54)53(40-18-13-29-52-34-40)39-28-27-35-14-4-5-15-36(35)30-39/h1-34H. The molecule has 0 unspecified atom stereocenters. The van der Waals surface area contributed by atoms with Gasteiger partial charge in [-0.2, -0.15) is 0 Å². The first-order chi connectivity index (χ1) is 27.3. The van der Waals surface area contributed by atoms with Crippen molar-refractivity contribution in [2.75, 3.05) is 4.90 Å². The molecule has 8 aromatic carbocycles. The second-order valence-electron chi connectivity index (χ2n) is 14.1. The van der Waals surface area contributed by atoms with Crippen LogP contribution in [0.25, 0.3) is 76.9 Å². The van der Waals surface area contributed by atoms with Crippen molar-refractivity contribution in [3.63, 3.8) is 0 Å². The topological polar surface area (TPSA) is 26.0 Å². The molecule has 55 heavy (non-hydrogen) atoms. The Morgan fingerprint density at radius 1 is 0.382 bits per heavy atom. The Labute approximate surface area is 318 Å². The predicted molar refractivity (Wildman–Crippen MR) is 231 cm³/mol. The van der Waals surface area contributed by atoms with E-state index in [4.69, 9.17) is 0 Å². The minimum atomic E-state index is 0.986. The van der Waals surface area contributed by atoms with Gasteiger partial charge in [-0.05, 0) is 89.1 Å². The highest BCUT2D eigenvalue weighted by Gasteiger charge is 2.21. The summed E-state index contributed by atoms with van der Waals surface area (Å²) in [6.45, 7) is 0. The van der Waals surface area contributed by atoms with Gasteiger partial charge in [-0.3, -0.25) is 4.98 Å². The van der Waals surface area contributed by atoms with Crippen molar-refractivity contribution in [3.8, 4) is 22.5 Å². The average molecular weight is 703 g/mol. The number of para-hydroxylation sites is 5. The molecule has 0 N–H and O–H groups in total. The average Bonchev–Trinajstić information content (AvgIpc) is 3.78. The zero-order valence-electron chi connectivity index (χ0n) is 29.9. The van der Waals surface area contributed by atoms with Gasteiger partial charge in [-0.25, -0.2) is 0 Å². The van der Waals surface area contributed by atoms with E-state index in [2.05, 4.69) is 207 Å². The Bertz CT molecular complexity index is 3160. The lowest BCUT2D eigenvalue weighted by Crippen LogP contribution is -2.11. The second kappa shape index (κ2) is 12.6. The van der Waals surface area contributed by atoms with E-state index in [0.29, 0.717) is 0 Å². The monoisotopic (exact) mass is 702 g/mol. The van der Waals surface area contributed by atoms with Crippen molar-refractivity contribution in [2.45, 2.75) is 0 Å². The van der Waals surface area contributed by atoms with Gasteiger partial charge in [0.2, 0.25) is 0 Å². The summed E-state index contributed by atoms with van der Waals surface area (Å²) in [5, 5.41) is 7.31. The first-order valence-corrected chi connectivity index (χ1v) is 18.7. The van der Waals surface area contributed by atoms with Crippen molar-refractivity contribution < 1.29 is 0 Å². The molecule has 4 heteroatoms. The van der Waals surface area contributed by atoms with E-state index in [1.807, 2.05) is 18.5 Å². The third kappa shape index (κ3) is 5.03. The van der Waals surface area contributed by atoms with E-state index in [1.54, 1.807) is 0 Å². The fourth-order valence-electron chi connectivity index (χ4n) is 8.56. The van der Waals surface area contributed by atoms with Crippen LogP contribution in [0.4, 0.5) is 17.1 Å². The van der Waals surface area contributed by atoms with E-state index < -0.39 is 0 Å². The molecule has 0 amide bonds. The van der Waals surface area contributed by atoms with Crippen LogP contribution in [0.5, 0.6) is 0 Å². The van der Waals surface area contributed by atoms with Crippen LogP contribution in [0.1, 0.15) is 0 Å². The van der Waals surface area contributed by atoms with Gasteiger partial charge in [0.15, 0.2) is 0 Å². The maximum absolute atomic E-state index is 4.61. The van der Waals surface area contributed by atoms with Crippen LogP contribution < -0.4 is 4.90 Å². The number of rotatable bonds is 6. The van der Waals surface area contributed by atoms with Crippen LogP contribution in [-0.4, -0.2) is 14.1 Å². The number of benzene rings is 8. The Kier molecular flexibility index (Phi) is 7.14. The van der Waals surface area contributed by atoms with Crippen molar-refractivity contribution in [1.82, 2.24) is 14.1 Å². The highest BCUT2D eigenvalue weighted by Crippen LogP contribution is 2.44. The minimum absolute atomic E-state index is 0.986. The third-order valence-corrected chi connectivity index (χ3v) is 10.9. The number of fused-ring (bicyclic) bond motifs is 7. The fourth-order valence-corrected chi connectivity index (χ4v) is 8.56. The van der Waals surface area contributed by atoms with Crippen LogP contribution in [0.2, 0.25) is 0 Å². The molecule has 0 radical (unpaired) electrons. The largest absolute Gasteiger partial charge is 0.309 e. The lowest BCUT2D eigenvalue weighted by Gasteiger charge is -2.27. The second-order valence-corrected chi connectivity index (χ2v) is 14.1. The van der Waals surface area contributed by atoms with Crippen molar-refractivity contribution in [1.29, 1.82) is 0 Å². The van der Waals surface area contributed by atoms with Gasteiger partial charge < -0.3 is 14.0 Å². The van der Waals surface area contributed by atoms with Crippen molar-refractivity contribution >= 4 is 71.4 Å². The number of hydrogen-bond acceptors (Lipinski definition) is 2. The first kappa shape index (κ1) is 31.1. The van der Waals surface area contributed by atoms with Gasteiger partial charge >= 0.3 is 0 Å². The van der Waals surface area contributed by atoms with Gasteiger partial charge in [-0.15, -0.1) is 0 Å². The predicted octanol–water partition coefficient (Wildman–Crippen LogP) is 13.6. The van der Waals surface area contributed by atoms with Crippen LogP contribution in [-0.2, 0) is 0 Å². The van der Waals surface area contributed by atoms with E-state index in [-0.39, 0.29) is 0 Å². The smallest absolute Gasteiger partial charge is 0.0644 e. The summed E-state index contributed by atoms with van der Waals surface area (Å²) in [4.78, 5) is 6.95. The molecule has 0 saturated carbocycles. The van der Waals surface area contributed by atoms with Crippen molar-refractivity contribution in [2.24, 2.45) is 0 Å². The maximum Gasteiger partial charge on any atom is 0.0644 e. The Morgan fingerprint density at radius 3 is 1.75 bits per heavy atom. The summed E-state index contributed by atoms with van der Waals surface area (Å²) < 4.78 is 4.85. The zero-order chi connectivity index (χ0) is 36.3. The lowest BCUT2D eigenvalue weighted by atomic mass is 9.99. The van der Waals surface area contributed by atoms with Crippen LogP contribution in [0.15, 0.2) is 207 Å². The Hall–Kier alpha value is -7.43. The van der Waals surface area contributed by atoms with Gasteiger partial charge in [0.1, 0.15) is 0 Å². The molecule has 0 aliphatic rings. The molecule has 3 heterocycles. The minimum Gasteiger partial charge on any atom is -0.309 e. The summed E-state index contributed by atoms with van der Waals surface area (Å²) in [5.74, 6) is 0. The van der Waals surface area contributed by atoms with E-state index in [1.165, 1.54) is 54.4 Å². The summed E-state index contributed by atoms with van der Waals surface area (Å²) in [5.41, 5.74) is 12.3. The van der Waals surface area contributed by atoms with Gasteiger partial charge in [0, 0.05) is 56.1 Å². The normalized spacial score (nSPS) is 11.6. The van der Waals surface area contributed by atoms with Gasteiger partial charge in [0.05, 0.1) is 34.0 Å². The molecule has 0 aliphatic carbocycles. The lowest BCUT2D eigenvalue weighted by molar-refractivity contribution is 1.16. The van der Waals surface area contributed by atoms with Crippen LogP contribution in [0, 0.1) is 0 Å². The van der Waals surface area contributed by atoms with Crippen LogP contribution >= 0.6 is 0 Å². The van der Waals surface area contributed by atoms with Gasteiger partial charge in [-0.1, -0.05) is 121 Å². The molecule has 4 nitrogen and oxygen atoms in total. The molecule has 3 aromatic heterocycles. The Balaban J connectivity index is 1.26. The molecular weight excluding hydrogens is 669 g/mol. The molecule has 0 bridgehead atoms. The van der Waals surface area contributed by atoms with Gasteiger partial charge in [0.25, 0.3) is 0 Å². The fraction of sp³-hybridized carbons (Fsp3) is 0. The van der Waals surface area contributed by atoms with Crippen LogP contribution in [0.3, 0.4) is 0 Å². The summed E-state index contributed by atoms with van der Waals surface area (Å²) in [7, 11) is 0. The number of aromatic nitrogens is 3. The van der Waals surface area contributed by atoms with E-state index in [9.17, 15) is 0 Å². The number of pyridine rings is 1.